The lowest BCUT2D eigenvalue weighted by Crippen LogP contribution is -2.13. The van der Waals surface area contributed by atoms with Gasteiger partial charge < -0.3 is 5.32 Å². The van der Waals surface area contributed by atoms with E-state index in [9.17, 15) is 18.0 Å². The number of benzene rings is 3. The topological polar surface area (TPSA) is 29.1 Å². The number of nitrogens with one attached hydrogen (secondary N) is 1. The van der Waals surface area contributed by atoms with Gasteiger partial charge in [0.05, 0.1) is 5.56 Å². The SMILES string of the molecule is Cc1ccc(SCc2ccc(C(=O)Nc3cccc(C(F)(F)F)c3)cc2)cc1. The number of thioether (sulfide) groups is 1. The molecular formula is C22H18F3NOS. The van der Waals surface area contributed by atoms with Crippen LogP contribution in [-0.4, -0.2) is 5.91 Å². The van der Waals surface area contributed by atoms with Crippen LogP contribution in [0.1, 0.15) is 27.0 Å². The summed E-state index contributed by atoms with van der Waals surface area (Å²) in [6.45, 7) is 2.04. The molecule has 144 valence electrons. The molecule has 2 nitrogen and oxygen atoms in total. The largest absolute Gasteiger partial charge is 0.416 e. The number of rotatable bonds is 5. The molecule has 0 saturated heterocycles. The lowest BCUT2D eigenvalue weighted by molar-refractivity contribution is -0.137. The van der Waals surface area contributed by atoms with Gasteiger partial charge in [0.1, 0.15) is 0 Å². The van der Waals surface area contributed by atoms with E-state index in [1.54, 1.807) is 23.9 Å². The van der Waals surface area contributed by atoms with Crippen molar-refractivity contribution < 1.29 is 18.0 Å². The van der Waals surface area contributed by atoms with E-state index in [0.29, 0.717) is 5.56 Å². The number of alkyl halides is 3. The van der Waals surface area contributed by atoms with Gasteiger partial charge in [0, 0.05) is 21.9 Å². The first-order valence-corrected chi connectivity index (χ1v) is 9.57. The molecule has 3 rings (SSSR count). The molecule has 0 saturated carbocycles. The molecule has 1 amide bonds. The molecule has 6 heteroatoms. The van der Waals surface area contributed by atoms with E-state index in [1.807, 2.05) is 19.1 Å². The highest BCUT2D eigenvalue weighted by atomic mass is 32.2. The summed E-state index contributed by atoms with van der Waals surface area (Å²) in [7, 11) is 0. The average molecular weight is 401 g/mol. The maximum atomic E-state index is 12.8. The number of hydrogen-bond donors (Lipinski definition) is 1. The summed E-state index contributed by atoms with van der Waals surface area (Å²) in [5.74, 6) is 0.315. The van der Waals surface area contributed by atoms with Crippen molar-refractivity contribution in [2.75, 3.05) is 5.32 Å². The highest BCUT2D eigenvalue weighted by Crippen LogP contribution is 2.30. The Morgan fingerprint density at radius 3 is 2.29 bits per heavy atom. The minimum Gasteiger partial charge on any atom is -0.322 e. The summed E-state index contributed by atoms with van der Waals surface area (Å²) in [4.78, 5) is 13.5. The number of carbonyl (C=O) groups excluding carboxylic acids is 1. The zero-order valence-corrected chi connectivity index (χ0v) is 15.9. The summed E-state index contributed by atoms with van der Waals surface area (Å²) in [5, 5.41) is 2.51. The molecule has 0 spiro atoms. The summed E-state index contributed by atoms with van der Waals surface area (Å²) >= 11 is 1.70. The third kappa shape index (κ3) is 5.39. The van der Waals surface area contributed by atoms with Crippen LogP contribution in [0.5, 0.6) is 0 Å². The molecule has 0 atom stereocenters. The fourth-order valence-electron chi connectivity index (χ4n) is 2.53. The number of halogens is 3. The third-order valence-corrected chi connectivity index (χ3v) is 5.17. The molecular weight excluding hydrogens is 383 g/mol. The standard InChI is InChI=1S/C22H18F3NOS/c1-15-5-11-20(12-6-15)28-14-16-7-9-17(10-8-16)21(27)26-19-4-2-3-18(13-19)22(23,24)25/h2-13H,14H2,1H3,(H,26,27). The Morgan fingerprint density at radius 1 is 0.964 bits per heavy atom. The quantitative estimate of drug-likeness (QED) is 0.491. The summed E-state index contributed by atoms with van der Waals surface area (Å²) in [6, 6.07) is 19.9. The van der Waals surface area contributed by atoms with Gasteiger partial charge in [0.15, 0.2) is 0 Å². The Labute approximate surface area is 165 Å². The molecule has 0 bridgehead atoms. The molecule has 0 aliphatic carbocycles. The van der Waals surface area contributed by atoms with Crippen molar-refractivity contribution in [3.8, 4) is 0 Å². The molecule has 1 N–H and O–H groups in total. The summed E-state index contributed by atoms with van der Waals surface area (Å²) < 4.78 is 38.3. The first-order chi connectivity index (χ1) is 13.3. The Bertz CT molecular complexity index is 951. The molecule has 0 heterocycles. The number of anilines is 1. The van der Waals surface area contributed by atoms with E-state index >= 15 is 0 Å². The Kier molecular flexibility index (Phi) is 6.09. The van der Waals surface area contributed by atoms with Gasteiger partial charge in [-0.1, -0.05) is 35.9 Å². The van der Waals surface area contributed by atoms with Gasteiger partial charge in [-0.3, -0.25) is 4.79 Å². The van der Waals surface area contributed by atoms with E-state index < -0.39 is 17.6 Å². The van der Waals surface area contributed by atoms with Gasteiger partial charge in [-0.25, -0.2) is 0 Å². The Morgan fingerprint density at radius 2 is 1.64 bits per heavy atom. The van der Waals surface area contributed by atoms with Crippen molar-refractivity contribution in [1.29, 1.82) is 0 Å². The van der Waals surface area contributed by atoms with Gasteiger partial charge in [-0.2, -0.15) is 13.2 Å². The monoisotopic (exact) mass is 401 g/mol. The van der Waals surface area contributed by atoms with Crippen molar-refractivity contribution in [2.45, 2.75) is 23.7 Å². The van der Waals surface area contributed by atoms with Crippen LogP contribution < -0.4 is 5.32 Å². The van der Waals surface area contributed by atoms with Crippen molar-refractivity contribution >= 4 is 23.4 Å². The molecule has 0 radical (unpaired) electrons. The van der Waals surface area contributed by atoms with Crippen molar-refractivity contribution in [2.24, 2.45) is 0 Å². The van der Waals surface area contributed by atoms with Crippen LogP contribution in [0.2, 0.25) is 0 Å². The van der Waals surface area contributed by atoms with Crippen LogP contribution in [0.25, 0.3) is 0 Å². The Hall–Kier alpha value is -2.73. The molecule has 0 aliphatic rings. The predicted molar refractivity (Wildman–Crippen MR) is 107 cm³/mol. The molecule has 3 aromatic rings. The maximum absolute atomic E-state index is 12.8. The smallest absolute Gasteiger partial charge is 0.322 e. The minimum atomic E-state index is -4.45. The van der Waals surface area contributed by atoms with Crippen LogP contribution in [0.3, 0.4) is 0 Å². The van der Waals surface area contributed by atoms with E-state index in [2.05, 4.69) is 29.6 Å². The summed E-state index contributed by atoms with van der Waals surface area (Å²) in [5.41, 5.74) is 1.97. The first kappa shape index (κ1) is 20.0. The van der Waals surface area contributed by atoms with Crippen LogP contribution >= 0.6 is 11.8 Å². The third-order valence-electron chi connectivity index (χ3n) is 4.09. The number of hydrogen-bond acceptors (Lipinski definition) is 2. The Balaban J connectivity index is 1.61. The van der Waals surface area contributed by atoms with Crippen LogP contribution in [0.15, 0.2) is 77.7 Å². The van der Waals surface area contributed by atoms with Gasteiger partial charge >= 0.3 is 6.18 Å². The van der Waals surface area contributed by atoms with E-state index in [1.165, 1.54) is 17.7 Å². The minimum absolute atomic E-state index is 0.110. The second kappa shape index (κ2) is 8.52. The molecule has 3 aromatic carbocycles. The maximum Gasteiger partial charge on any atom is 0.416 e. The number of amides is 1. The second-order valence-corrected chi connectivity index (χ2v) is 7.38. The highest BCUT2D eigenvalue weighted by molar-refractivity contribution is 7.98. The van der Waals surface area contributed by atoms with Gasteiger partial charge in [-0.05, 0) is 55.0 Å². The van der Waals surface area contributed by atoms with E-state index in [-0.39, 0.29) is 5.69 Å². The van der Waals surface area contributed by atoms with Crippen molar-refractivity contribution in [1.82, 2.24) is 0 Å². The van der Waals surface area contributed by atoms with Crippen molar-refractivity contribution in [3.05, 3.63) is 95.1 Å². The van der Waals surface area contributed by atoms with Crippen LogP contribution in [0.4, 0.5) is 18.9 Å². The fraction of sp³-hybridized carbons (Fsp3) is 0.136. The average Bonchev–Trinajstić information content (AvgIpc) is 2.67. The van der Waals surface area contributed by atoms with Crippen LogP contribution in [-0.2, 0) is 11.9 Å². The van der Waals surface area contributed by atoms with Crippen molar-refractivity contribution in [3.63, 3.8) is 0 Å². The highest BCUT2D eigenvalue weighted by Gasteiger charge is 2.30. The molecule has 28 heavy (non-hydrogen) atoms. The first-order valence-electron chi connectivity index (χ1n) is 8.58. The molecule has 0 aliphatic heterocycles. The van der Waals surface area contributed by atoms with Gasteiger partial charge in [0.2, 0.25) is 0 Å². The predicted octanol–water partition coefficient (Wildman–Crippen LogP) is 6.56. The molecule has 0 fully saturated rings. The molecule has 0 aromatic heterocycles. The number of carbonyl (C=O) groups is 1. The van der Waals surface area contributed by atoms with E-state index in [0.717, 1.165) is 28.3 Å². The lowest BCUT2D eigenvalue weighted by atomic mass is 10.1. The normalized spacial score (nSPS) is 11.3. The summed E-state index contributed by atoms with van der Waals surface area (Å²) in [6.07, 6.45) is -4.45. The second-order valence-electron chi connectivity index (χ2n) is 6.33. The zero-order chi connectivity index (χ0) is 20.1. The van der Waals surface area contributed by atoms with Gasteiger partial charge in [-0.15, -0.1) is 11.8 Å². The number of aryl methyl sites for hydroxylation is 1. The lowest BCUT2D eigenvalue weighted by Gasteiger charge is -2.10. The molecule has 0 unspecified atom stereocenters. The van der Waals surface area contributed by atoms with E-state index in [4.69, 9.17) is 0 Å². The van der Waals surface area contributed by atoms with Crippen LogP contribution in [0, 0.1) is 6.92 Å². The zero-order valence-electron chi connectivity index (χ0n) is 15.1. The van der Waals surface area contributed by atoms with Gasteiger partial charge in [0.25, 0.3) is 5.91 Å². The fourth-order valence-corrected chi connectivity index (χ4v) is 3.38.